The van der Waals surface area contributed by atoms with E-state index < -0.39 is 0 Å². The van der Waals surface area contributed by atoms with E-state index in [4.69, 9.17) is 0 Å². The fourth-order valence-electron chi connectivity index (χ4n) is 3.58. The summed E-state index contributed by atoms with van der Waals surface area (Å²) in [7, 11) is 2.39. The molecule has 1 N–H and O–H groups in total. The minimum absolute atomic E-state index is 0.0124. The zero-order valence-electron chi connectivity index (χ0n) is 18.4. The average Bonchev–Trinajstić information content (AvgIpc) is 2.51. The highest BCUT2D eigenvalue weighted by molar-refractivity contribution is 7.81. The summed E-state index contributed by atoms with van der Waals surface area (Å²) in [5, 5.41) is 3.11. The molecule has 0 aliphatic carbocycles. The summed E-state index contributed by atoms with van der Waals surface area (Å²) in [5.74, 6) is 2.52. The predicted octanol–water partition coefficient (Wildman–Crippen LogP) is 6.07. The van der Waals surface area contributed by atoms with Gasteiger partial charge in [0.15, 0.2) is 0 Å². The van der Waals surface area contributed by atoms with Crippen molar-refractivity contribution in [3.8, 4) is 0 Å². The Morgan fingerprint density at radius 3 is 2.04 bits per heavy atom. The molecule has 1 radical (unpaired) electrons. The number of rotatable bonds is 11. The topological polar surface area (TPSA) is 29.1 Å². The summed E-state index contributed by atoms with van der Waals surface area (Å²) in [5.41, 5.74) is 0. The Kier molecular flexibility index (Phi) is 10.8. The number of carbonyl (C=O) groups excluding carboxylic acids is 1. The normalized spacial score (nSPS) is 19.7. The average molecular weight is 368 g/mol. The molecule has 0 heterocycles. The summed E-state index contributed by atoms with van der Waals surface area (Å²) in [6.07, 6.45) is 2.49. The minimum Gasteiger partial charge on any atom is -0.345 e. The van der Waals surface area contributed by atoms with Gasteiger partial charge in [0.2, 0.25) is 5.91 Å². The standard InChI is InChI=1S/C21H43BNOS/c1-11-12-14(4)17(7)21(9,10)22-18(8)20(25)23-19(24)16(6)15(5)13(2)3/h13-18,20,25H,11-12H2,1-10H3,(H,23,24). The lowest BCUT2D eigenvalue weighted by Gasteiger charge is -2.38. The number of thiol groups is 1. The van der Waals surface area contributed by atoms with Crippen molar-refractivity contribution in [2.45, 2.75) is 98.6 Å². The molecule has 6 unspecified atom stereocenters. The maximum atomic E-state index is 12.5. The Labute approximate surface area is 164 Å². The van der Waals surface area contributed by atoms with Gasteiger partial charge in [0, 0.05) is 5.92 Å². The molecule has 0 saturated carbocycles. The van der Waals surface area contributed by atoms with Gasteiger partial charge in [-0.05, 0) is 29.5 Å². The molecule has 0 spiro atoms. The van der Waals surface area contributed by atoms with E-state index in [1.54, 1.807) is 0 Å². The molecule has 25 heavy (non-hydrogen) atoms. The summed E-state index contributed by atoms with van der Waals surface area (Å²) in [4.78, 5) is 12.5. The lowest BCUT2D eigenvalue weighted by atomic mass is 9.42. The fourth-order valence-corrected chi connectivity index (χ4v) is 3.80. The second-order valence-electron chi connectivity index (χ2n) is 9.25. The number of amides is 1. The van der Waals surface area contributed by atoms with Crippen LogP contribution in [0.25, 0.3) is 0 Å². The highest BCUT2D eigenvalue weighted by atomic mass is 32.1. The Morgan fingerprint density at radius 1 is 1.08 bits per heavy atom. The first-order valence-electron chi connectivity index (χ1n) is 10.2. The first kappa shape index (κ1) is 24.9. The molecule has 0 saturated heterocycles. The first-order chi connectivity index (χ1) is 11.3. The lowest BCUT2D eigenvalue weighted by molar-refractivity contribution is -0.126. The summed E-state index contributed by atoms with van der Waals surface area (Å²) in [6, 6.07) is 0. The van der Waals surface area contributed by atoms with Crippen molar-refractivity contribution in [1.29, 1.82) is 0 Å². The zero-order valence-corrected chi connectivity index (χ0v) is 19.3. The van der Waals surface area contributed by atoms with Gasteiger partial charge in [0.25, 0.3) is 0 Å². The van der Waals surface area contributed by atoms with Crippen molar-refractivity contribution in [3.63, 3.8) is 0 Å². The van der Waals surface area contributed by atoms with Crippen molar-refractivity contribution in [2.75, 3.05) is 0 Å². The third kappa shape index (κ3) is 7.97. The molecular formula is C21H43BNOS. The molecule has 0 aromatic heterocycles. The van der Waals surface area contributed by atoms with Gasteiger partial charge in [-0.15, -0.1) is 0 Å². The lowest BCUT2D eigenvalue weighted by Crippen LogP contribution is -2.42. The number of nitrogens with one attached hydrogen (secondary N) is 1. The van der Waals surface area contributed by atoms with Crippen LogP contribution in [0.5, 0.6) is 0 Å². The van der Waals surface area contributed by atoms with Crippen LogP contribution in [0.1, 0.15) is 82.1 Å². The molecule has 0 rings (SSSR count). The monoisotopic (exact) mass is 368 g/mol. The summed E-state index contributed by atoms with van der Waals surface area (Å²) >= 11 is 4.69. The Balaban J connectivity index is 4.73. The molecule has 4 heteroatoms. The maximum absolute atomic E-state index is 12.5. The van der Waals surface area contributed by atoms with Gasteiger partial charge in [-0.1, -0.05) is 87.4 Å². The number of hydrogen-bond donors (Lipinski definition) is 2. The van der Waals surface area contributed by atoms with Crippen LogP contribution in [0, 0.1) is 29.6 Å². The molecule has 0 aliphatic heterocycles. The Bertz CT molecular complexity index is 399. The molecule has 6 atom stereocenters. The van der Waals surface area contributed by atoms with E-state index in [-0.39, 0.29) is 28.3 Å². The number of carbonyl (C=O) groups is 1. The van der Waals surface area contributed by atoms with Crippen molar-refractivity contribution >= 4 is 25.8 Å². The van der Waals surface area contributed by atoms with Crippen LogP contribution in [0.3, 0.4) is 0 Å². The third-order valence-corrected chi connectivity index (χ3v) is 7.10. The highest BCUT2D eigenvalue weighted by Crippen LogP contribution is 2.42. The molecule has 1 amide bonds. The Morgan fingerprint density at radius 2 is 1.60 bits per heavy atom. The van der Waals surface area contributed by atoms with Crippen LogP contribution in [0.2, 0.25) is 11.1 Å². The Hall–Kier alpha value is -0.115. The molecular weight excluding hydrogens is 325 g/mol. The van der Waals surface area contributed by atoms with Gasteiger partial charge in [-0.2, -0.15) is 12.6 Å². The van der Waals surface area contributed by atoms with Gasteiger partial charge in [-0.25, -0.2) is 0 Å². The van der Waals surface area contributed by atoms with Crippen molar-refractivity contribution < 1.29 is 4.79 Å². The van der Waals surface area contributed by atoms with Crippen LogP contribution in [-0.4, -0.2) is 18.6 Å². The molecule has 2 nitrogen and oxygen atoms in total. The first-order valence-corrected chi connectivity index (χ1v) is 10.7. The van der Waals surface area contributed by atoms with Gasteiger partial charge in [0.05, 0.1) is 5.37 Å². The smallest absolute Gasteiger partial charge is 0.223 e. The van der Waals surface area contributed by atoms with Crippen LogP contribution >= 0.6 is 12.6 Å². The molecule has 0 fully saturated rings. The second kappa shape index (κ2) is 10.9. The quantitative estimate of drug-likeness (QED) is 0.259. The second-order valence-corrected chi connectivity index (χ2v) is 9.80. The van der Waals surface area contributed by atoms with E-state index in [0.29, 0.717) is 23.7 Å². The van der Waals surface area contributed by atoms with Crippen LogP contribution in [0.15, 0.2) is 0 Å². The predicted molar refractivity (Wildman–Crippen MR) is 117 cm³/mol. The highest BCUT2D eigenvalue weighted by Gasteiger charge is 2.34. The minimum atomic E-state index is -0.137. The summed E-state index contributed by atoms with van der Waals surface area (Å²) in [6.45, 7) is 22.2. The van der Waals surface area contributed by atoms with Crippen molar-refractivity contribution in [1.82, 2.24) is 5.32 Å². The van der Waals surface area contributed by atoms with Crippen LogP contribution < -0.4 is 5.32 Å². The maximum Gasteiger partial charge on any atom is 0.223 e. The largest absolute Gasteiger partial charge is 0.345 e. The number of hydrogen-bond acceptors (Lipinski definition) is 2. The van der Waals surface area contributed by atoms with E-state index in [1.807, 2.05) is 6.92 Å². The van der Waals surface area contributed by atoms with Gasteiger partial charge in [0.1, 0.15) is 7.28 Å². The van der Waals surface area contributed by atoms with E-state index in [9.17, 15) is 4.79 Å². The third-order valence-electron chi connectivity index (χ3n) is 6.51. The van der Waals surface area contributed by atoms with Crippen LogP contribution in [-0.2, 0) is 4.79 Å². The van der Waals surface area contributed by atoms with Gasteiger partial charge < -0.3 is 5.32 Å². The molecule has 0 aromatic carbocycles. The molecule has 147 valence electrons. The van der Waals surface area contributed by atoms with Gasteiger partial charge >= 0.3 is 0 Å². The van der Waals surface area contributed by atoms with E-state index >= 15 is 0 Å². The summed E-state index contributed by atoms with van der Waals surface area (Å²) < 4.78 is 0. The van der Waals surface area contributed by atoms with E-state index in [1.165, 1.54) is 12.8 Å². The van der Waals surface area contributed by atoms with E-state index in [2.05, 4.69) is 87.5 Å². The molecule has 0 aliphatic rings. The van der Waals surface area contributed by atoms with Crippen LogP contribution in [0.4, 0.5) is 0 Å². The molecule has 0 aromatic rings. The SMILES string of the molecule is CCCC(C)C(C)C(C)(C)[B]C(C)C(S)NC(=O)C(C)C(C)C(C)C. The van der Waals surface area contributed by atoms with Crippen molar-refractivity contribution in [2.24, 2.45) is 29.6 Å². The van der Waals surface area contributed by atoms with Crippen molar-refractivity contribution in [3.05, 3.63) is 0 Å². The molecule has 0 bridgehead atoms. The van der Waals surface area contributed by atoms with Gasteiger partial charge in [-0.3, -0.25) is 4.79 Å². The fraction of sp³-hybridized carbons (Fsp3) is 0.952. The van der Waals surface area contributed by atoms with E-state index in [0.717, 1.165) is 0 Å². The zero-order chi connectivity index (χ0) is 19.9.